The summed E-state index contributed by atoms with van der Waals surface area (Å²) in [4.78, 5) is 0. The third kappa shape index (κ3) is 1.26. The zero-order valence-electron chi connectivity index (χ0n) is 8.36. The van der Waals surface area contributed by atoms with Crippen LogP contribution in [0.15, 0.2) is 18.2 Å². The van der Waals surface area contributed by atoms with Gasteiger partial charge < -0.3 is 9.47 Å². The van der Waals surface area contributed by atoms with Gasteiger partial charge in [0.05, 0.1) is 12.2 Å². The van der Waals surface area contributed by atoms with Crippen LogP contribution >= 0.6 is 0 Å². The second kappa shape index (κ2) is 2.81. The van der Waals surface area contributed by atoms with Gasteiger partial charge in [0.25, 0.3) is 0 Å². The first kappa shape index (κ1) is 8.45. The van der Waals surface area contributed by atoms with Crippen LogP contribution in [0, 0.1) is 6.07 Å². The molecule has 2 saturated heterocycles. The van der Waals surface area contributed by atoms with Gasteiger partial charge in [-0.05, 0) is 31.0 Å². The second-order valence-electron chi connectivity index (χ2n) is 4.06. The molecule has 2 aliphatic rings. The Morgan fingerprint density at radius 1 is 1.14 bits per heavy atom. The van der Waals surface area contributed by atoms with Gasteiger partial charge in [-0.3, -0.25) is 0 Å². The van der Waals surface area contributed by atoms with E-state index < -0.39 is 0 Å². The minimum Gasteiger partial charge on any atom is -0.365 e. The normalized spacial score (nSPS) is 39.6. The zero-order chi connectivity index (χ0) is 9.71. The third-order valence-electron chi connectivity index (χ3n) is 2.93. The van der Waals surface area contributed by atoms with Crippen LogP contribution in [-0.2, 0) is 9.47 Å². The monoisotopic (exact) mass is 189 g/mol. The van der Waals surface area contributed by atoms with Gasteiger partial charge in [0, 0.05) is 0 Å². The average Bonchev–Trinajstić information content (AvgIpc) is 3.06. The molecule has 4 atom stereocenters. The van der Waals surface area contributed by atoms with E-state index in [2.05, 4.69) is 26.0 Å². The quantitative estimate of drug-likeness (QED) is 0.667. The molecule has 2 heterocycles. The lowest BCUT2D eigenvalue weighted by atomic mass is 9.99. The van der Waals surface area contributed by atoms with Crippen LogP contribution in [-0.4, -0.2) is 12.2 Å². The highest BCUT2D eigenvalue weighted by Crippen LogP contribution is 2.46. The first-order chi connectivity index (χ1) is 6.77. The highest BCUT2D eigenvalue weighted by atomic mass is 16.6. The van der Waals surface area contributed by atoms with Crippen molar-refractivity contribution in [3.8, 4) is 0 Å². The molecule has 2 heteroatoms. The highest BCUT2D eigenvalue weighted by Gasteiger charge is 2.43. The predicted octanol–water partition coefficient (Wildman–Crippen LogP) is 2.41. The molecule has 14 heavy (non-hydrogen) atoms. The fraction of sp³-hybridized carbons (Fsp3) is 0.500. The van der Waals surface area contributed by atoms with Gasteiger partial charge in [-0.15, -0.1) is 0 Å². The van der Waals surface area contributed by atoms with E-state index in [0.717, 1.165) is 0 Å². The van der Waals surface area contributed by atoms with E-state index in [-0.39, 0.29) is 12.2 Å². The molecule has 0 spiro atoms. The van der Waals surface area contributed by atoms with Gasteiger partial charge in [0.2, 0.25) is 0 Å². The van der Waals surface area contributed by atoms with Crippen molar-refractivity contribution in [1.82, 2.24) is 0 Å². The number of benzene rings is 1. The molecule has 2 aliphatic heterocycles. The fourth-order valence-electron chi connectivity index (χ4n) is 1.96. The van der Waals surface area contributed by atoms with Crippen LogP contribution in [0.5, 0.6) is 0 Å². The summed E-state index contributed by atoms with van der Waals surface area (Å²) in [6.45, 7) is 4.19. The number of hydrogen-bond acceptors (Lipinski definition) is 2. The maximum Gasteiger partial charge on any atom is 0.110 e. The van der Waals surface area contributed by atoms with Crippen molar-refractivity contribution >= 4 is 0 Å². The van der Waals surface area contributed by atoms with E-state index in [4.69, 9.17) is 9.47 Å². The summed E-state index contributed by atoms with van der Waals surface area (Å²) in [6.07, 6.45) is 1.24. The second-order valence-corrected chi connectivity index (χ2v) is 4.06. The topological polar surface area (TPSA) is 25.1 Å². The van der Waals surface area contributed by atoms with E-state index in [1.807, 2.05) is 12.1 Å². The highest BCUT2D eigenvalue weighted by molar-refractivity contribution is 5.35. The molecule has 0 amide bonds. The lowest BCUT2D eigenvalue weighted by Gasteiger charge is -2.02. The first-order valence-electron chi connectivity index (χ1n) is 5.09. The van der Waals surface area contributed by atoms with Crippen molar-refractivity contribution in [3.63, 3.8) is 0 Å². The summed E-state index contributed by atoms with van der Waals surface area (Å²) < 4.78 is 11.0. The van der Waals surface area contributed by atoms with Crippen molar-refractivity contribution in [2.75, 3.05) is 0 Å². The van der Waals surface area contributed by atoms with Crippen molar-refractivity contribution in [2.45, 2.75) is 38.3 Å². The molecule has 0 aliphatic carbocycles. The SMILES string of the molecule is CC1OC1c1[c]cccc1C1OC1C. The summed E-state index contributed by atoms with van der Waals surface area (Å²) >= 11 is 0. The molecule has 4 unspecified atom stereocenters. The van der Waals surface area contributed by atoms with Crippen LogP contribution in [0.4, 0.5) is 0 Å². The molecule has 2 fully saturated rings. The zero-order valence-corrected chi connectivity index (χ0v) is 8.36. The molecule has 3 rings (SSSR count). The molecule has 0 saturated carbocycles. The van der Waals surface area contributed by atoms with Gasteiger partial charge in [0.15, 0.2) is 0 Å². The standard InChI is InChI=1S/C12H13O2/c1-7-11(13-7)9-5-3-4-6-10(9)12-8(2)14-12/h3-5,7-8,11-12H,1-2H3. The van der Waals surface area contributed by atoms with Crippen LogP contribution < -0.4 is 0 Å². The van der Waals surface area contributed by atoms with E-state index in [9.17, 15) is 0 Å². The minimum absolute atomic E-state index is 0.252. The molecule has 0 bridgehead atoms. The predicted molar refractivity (Wildman–Crippen MR) is 51.9 cm³/mol. The molecule has 2 nitrogen and oxygen atoms in total. The number of rotatable bonds is 2. The molecule has 0 N–H and O–H groups in total. The van der Waals surface area contributed by atoms with Crippen molar-refractivity contribution in [3.05, 3.63) is 35.4 Å². The van der Waals surface area contributed by atoms with Gasteiger partial charge >= 0.3 is 0 Å². The number of ether oxygens (including phenoxy) is 2. The first-order valence-corrected chi connectivity index (χ1v) is 5.09. The molecular formula is C12H13O2. The van der Waals surface area contributed by atoms with Crippen molar-refractivity contribution < 1.29 is 9.47 Å². The van der Waals surface area contributed by atoms with Crippen molar-refractivity contribution in [2.24, 2.45) is 0 Å². The number of epoxide rings is 2. The fourth-order valence-corrected chi connectivity index (χ4v) is 1.96. The van der Waals surface area contributed by atoms with Gasteiger partial charge in [-0.2, -0.15) is 0 Å². The lowest BCUT2D eigenvalue weighted by Crippen LogP contribution is -1.93. The summed E-state index contributed by atoms with van der Waals surface area (Å²) in [5.74, 6) is 0. The van der Waals surface area contributed by atoms with E-state index in [1.54, 1.807) is 0 Å². The Labute approximate surface area is 83.8 Å². The van der Waals surface area contributed by atoms with E-state index >= 15 is 0 Å². The molecular weight excluding hydrogens is 176 g/mol. The van der Waals surface area contributed by atoms with Gasteiger partial charge in [-0.25, -0.2) is 0 Å². The molecule has 0 aromatic heterocycles. The largest absolute Gasteiger partial charge is 0.365 e. The van der Waals surface area contributed by atoms with Crippen LogP contribution in [0.3, 0.4) is 0 Å². The smallest absolute Gasteiger partial charge is 0.110 e. The lowest BCUT2D eigenvalue weighted by molar-refractivity contribution is 0.371. The summed E-state index contributed by atoms with van der Waals surface area (Å²) in [6, 6.07) is 9.34. The van der Waals surface area contributed by atoms with Gasteiger partial charge in [-0.1, -0.05) is 18.2 Å². The maximum absolute atomic E-state index is 5.48. The average molecular weight is 189 g/mol. The van der Waals surface area contributed by atoms with Crippen molar-refractivity contribution in [1.29, 1.82) is 0 Å². The Balaban J connectivity index is 1.94. The maximum atomic E-state index is 5.48. The number of hydrogen-bond donors (Lipinski definition) is 0. The summed E-state index contributed by atoms with van der Waals surface area (Å²) in [5, 5.41) is 0. The summed E-state index contributed by atoms with van der Waals surface area (Å²) in [7, 11) is 0. The van der Waals surface area contributed by atoms with Gasteiger partial charge in [0.1, 0.15) is 12.2 Å². The Kier molecular flexibility index (Phi) is 1.70. The third-order valence-corrected chi connectivity index (χ3v) is 2.93. The Bertz CT molecular complexity index is 326. The summed E-state index contributed by atoms with van der Waals surface area (Å²) in [5.41, 5.74) is 2.45. The van der Waals surface area contributed by atoms with E-state index in [1.165, 1.54) is 11.1 Å². The van der Waals surface area contributed by atoms with Crippen LogP contribution in [0.2, 0.25) is 0 Å². The minimum atomic E-state index is 0.252. The molecule has 1 aromatic rings. The molecule has 73 valence electrons. The Morgan fingerprint density at radius 2 is 1.79 bits per heavy atom. The van der Waals surface area contributed by atoms with Crippen LogP contribution in [0.1, 0.15) is 37.2 Å². The van der Waals surface area contributed by atoms with E-state index in [0.29, 0.717) is 12.2 Å². The molecule has 1 aromatic carbocycles. The molecule has 1 radical (unpaired) electrons. The Hall–Kier alpha value is -0.860. The Morgan fingerprint density at radius 3 is 2.36 bits per heavy atom. The van der Waals surface area contributed by atoms with Crippen LogP contribution in [0.25, 0.3) is 0 Å².